The zero-order chi connectivity index (χ0) is 29.5. The van der Waals surface area contributed by atoms with E-state index in [1.54, 1.807) is 18.2 Å². The minimum atomic E-state index is -1.02. The Morgan fingerprint density at radius 2 is 2.05 bits per heavy atom. The van der Waals surface area contributed by atoms with Crippen LogP contribution in [0.1, 0.15) is 31.5 Å². The van der Waals surface area contributed by atoms with Crippen LogP contribution in [0.25, 0.3) is 0 Å². The van der Waals surface area contributed by atoms with E-state index < -0.39 is 17.5 Å². The Morgan fingerprint density at radius 3 is 2.76 bits per heavy atom. The number of ether oxygens (including phenoxy) is 2. The lowest BCUT2D eigenvalue weighted by atomic mass is 10.1. The molecule has 1 aromatic heterocycles. The number of nitrogens with one attached hydrogen (secondary N) is 2. The monoisotopic (exact) mass is 571 g/mol. The van der Waals surface area contributed by atoms with Crippen LogP contribution in [-0.2, 0) is 11.2 Å². The van der Waals surface area contributed by atoms with E-state index in [4.69, 9.17) is 15.2 Å². The van der Waals surface area contributed by atoms with Crippen LogP contribution < -0.4 is 25.4 Å². The number of anilines is 2. The summed E-state index contributed by atoms with van der Waals surface area (Å²) in [6.45, 7) is 6.09. The number of carbonyl (C=O) groups is 1. The normalized spacial score (nSPS) is 14.0. The smallest absolute Gasteiger partial charge is 0.223 e. The van der Waals surface area contributed by atoms with Crippen molar-refractivity contribution >= 4 is 28.9 Å². The zero-order valence-corrected chi connectivity index (χ0v) is 23.3. The third kappa shape index (κ3) is 7.11. The van der Waals surface area contributed by atoms with Crippen LogP contribution in [0.2, 0.25) is 0 Å². The van der Waals surface area contributed by atoms with Crippen molar-refractivity contribution in [2.24, 2.45) is 10.7 Å². The molecule has 0 atom stereocenters. The summed E-state index contributed by atoms with van der Waals surface area (Å²) in [4.78, 5) is 19.6. The second-order valence-corrected chi connectivity index (χ2v) is 9.77. The highest BCUT2D eigenvalue weighted by Gasteiger charge is 2.29. The van der Waals surface area contributed by atoms with Gasteiger partial charge >= 0.3 is 0 Å². The Balaban J connectivity index is 1.67. The number of carbonyl (C=O) groups excluding carboxylic acids is 1. The van der Waals surface area contributed by atoms with E-state index in [1.165, 1.54) is 24.1 Å². The summed E-state index contributed by atoms with van der Waals surface area (Å²) < 4.78 is 40.8. The lowest BCUT2D eigenvalue weighted by Crippen LogP contribution is -2.41. The molecule has 0 unspecified atom stereocenters. The molecule has 0 spiro atoms. The van der Waals surface area contributed by atoms with Gasteiger partial charge in [0.1, 0.15) is 5.84 Å². The van der Waals surface area contributed by atoms with Crippen LogP contribution >= 0.6 is 0 Å². The lowest BCUT2D eigenvalue weighted by molar-refractivity contribution is -0.117. The number of aromatic nitrogens is 2. The molecule has 11 nitrogen and oxygen atoms in total. The number of aliphatic imine (C=N–C) groups is 1. The second kappa shape index (κ2) is 13.4. The number of nitrogens with two attached hydrogens (primary N) is 1. The molecule has 1 amide bonds. The minimum absolute atomic E-state index is 0.0216. The number of amidine groups is 1. The fourth-order valence-electron chi connectivity index (χ4n) is 4.57. The van der Waals surface area contributed by atoms with Crippen molar-refractivity contribution in [3.8, 4) is 11.5 Å². The lowest BCUT2D eigenvalue weighted by Gasteiger charge is -2.33. The molecule has 3 aromatic rings. The quantitative estimate of drug-likeness (QED) is 0.229. The molecule has 2 aromatic carbocycles. The molecule has 13 heteroatoms. The van der Waals surface area contributed by atoms with Crippen LogP contribution in [0.4, 0.5) is 26.0 Å². The van der Waals surface area contributed by atoms with Crippen LogP contribution in [0.5, 0.6) is 11.5 Å². The maximum Gasteiger partial charge on any atom is 0.223 e. The predicted octanol–water partition coefficient (Wildman–Crippen LogP) is 3.16. The van der Waals surface area contributed by atoms with Gasteiger partial charge in [0.2, 0.25) is 5.91 Å². The Morgan fingerprint density at radius 1 is 1.24 bits per heavy atom. The van der Waals surface area contributed by atoms with E-state index in [0.29, 0.717) is 47.6 Å². The Hall–Kier alpha value is -4.23. The molecule has 220 valence electrons. The summed E-state index contributed by atoms with van der Waals surface area (Å²) in [5.41, 5.74) is 6.91. The van der Waals surface area contributed by atoms with Crippen molar-refractivity contribution in [3.63, 3.8) is 0 Å². The van der Waals surface area contributed by atoms with Gasteiger partial charge in [0.15, 0.2) is 29.0 Å². The molecule has 4 rings (SSSR count). The first-order chi connectivity index (χ1) is 19.7. The molecule has 5 N–H and O–H groups in total. The van der Waals surface area contributed by atoms with E-state index in [0.717, 1.165) is 19.0 Å². The van der Waals surface area contributed by atoms with Crippen molar-refractivity contribution in [2.75, 3.05) is 50.3 Å². The molecule has 1 aliphatic heterocycles. The van der Waals surface area contributed by atoms with Gasteiger partial charge in [0.05, 0.1) is 44.8 Å². The van der Waals surface area contributed by atoms with Crippen LogP contribution in [0.3, 0.4) is 0 Å². The van der Waals surface area contributed by atoms with Gasteiger partial charge in [0, 0.05) is 42.5 Å². The van der Waals surface area contributed by atoms with E-state index in [-0.39, 0.29) is 37.0 Å². The van der Waals surface area contributed by atoms with E-state index in [9.17, 15) is 18.7 Å². The number of rotatable bonds is 13. The van der Waals surface area contributed by atoms with Crippen LogP contribution in [-0.4, -0.2) is 78.1 Å². The standard InChI is InChI=1S/C28H35F2N7O4/c1-17(2)36(9-10-38)8-5-11-41-24-15-21-19(14-23(24)40-3)28(33-26-13-18(34-35-26)12-25(31)39)37(16-32-21)22-7-4-6-20(29)27(22)30/h4,6-7,13-15,17,32,38H,5,8-12,16H2,1-3H3,(H2,31,39)(H,34,35). The zero-order valence-electron chi connectivity index (χ0n) is 23.3. The minimum Gasteiger partial charge on any atom is -0.493 e. The molecule has 0 saturated heterocycles. The second-order valence-electron chi connectivity index (χ2n) is 9.77. The third-order valence-electron chi connectivity index (χ3n) is 6.62. The molecular weight excluding hydrogens is 536 g/mol. The topological polar surface area (TPSA) is 141 Å². The number of hydrogen-bond acceptors (Lipinski definition) is 8. The third-order valence-corrected chi connectivity index (χ3v) is 6.62. The molecule has 1 aliphatic rings. The van der Waals surface area contributed by atoms with Gasteiger partial charge in [-0.25, -0.2) is 13.8 Å². The highest BCUT2D eigenvalue weighted by atomic mass is 19.2. The van der Waals surface area contributed by atoms with Gasteiger partial charge in [0.25, 0.3) is 0 Å². The highest BCUT2D eigenvalue weighted by molar-refractivity contribution is 6.16. The number of amides is 1. The van der Waals surface area contributed by atoms with Gasteiger partial charge in [-0.05, 0) is 38.5 Å². The summed E-state index contributed by atoms with van der Waals surface area (Å²) in [5, 5.41) is 19.4. The summed E-state index contributed by atoms with van der Waals surface area (Å²) in [5.74, 6) is -1.12. The van der Waals surface area contributed by atoms with E-state index in [1.807, 2.05) is 0 Å². The highest BCUT2D eigenvalue weighted by Crippen LogP contribution is 2.38. The SMILES string of the molecule is COc1cc2c(cc1OCCCN(CCO)C(C)C)NCN(c1cccc(F)c1F)C2=Nc1cc(CC(N)=O)[nH]n1. The molecule has 0 bridgehead atoms. The van der Waals surface area contributed by atoms with Gasteiger partial charge < -0.3 is 30.5 Å². The number of benzene rings is 2. The number of primary amides is 1. The number of aliphatic hydroxyl groups excluding tert-OH is 1. The molecule has 0 saturated carbocycles. The fraction of sp³-hybridized carbons (Fsp3) is 0.393. The van der Waals surface area contributed by atoms with Crippen molar-refractivity contribution < 1.29 is 28.2 Å². The Labute approximate surface area is 236 Å². The van der Waals surface area contributed by atoms with Crippen molar-refractivity contribution in [2.45, 2.75) is 32.7 Å². The van der Waals surface area contributed by atoms with E-state index >= 15 is 0 Å². The number of halogens is 2. The van der Waals surface area contributed by atoms with Crippen LogP contribution in [0.15, 0.2) is 41.4 Å². The van der Waals surface area contributed by atoms with E-state index in [2.05, 4.69) is 39.3 Å². The van der Waals surface area contributed by atoms with Crippen molar-refractivity contribution in [1.29, 1.82) is 0 Å². The summed E-state index contributed by atoms with van der Waals surface area (Å²) in [7, 11) is 1.51. The molecule has 0 radical (unpaired) electrons. The van der Waals surface area contributed by atoms with Gasteiger partial charge in [-0.1, -0.05) is 6.07 Å². The van der Waals surface area contributed by atoms with Crippen molar-refractivity contribution in [1.82, 2.24) is 15.1 Å². The summed E-state index contributed by atoms with van der Waals surface area (Å²) in [6, 6.07) is 9.26. The number of fused-ring (bicyclic) bond motifs is 1. The molecule has 2 heterocycles. The predicted molar refractivity (Wildman–Crippen MR) is 152 cm³/mol. The van der Waals surface area contributed by atoms with Gasteiger partial charge in [-0.2, -0.15) is 5.10 Å². The average molecular weight is 572 g/mol. The van der Waals surface area contributed by atoms with Crippen LogP contribution in [0, 0.1) is 11.6 Å². The van der Waals surface area contributed by atoms with Crippen molar-refractivity contribution in [3.05, 3.63) is 59.3 Å². The molecule has 0 fully saturated rings. The maximum absolute atomic E-state index is 14.9. The number of hydrogen-bond donors (Lipinski definition) is 4. The number of nitrogens with zero attached hydrogens (tertiary/aromatic N) is 4. The first kappa shape index (κ1) is 29.7. The summed E-state index contributed by atoms with van der Waals surface area (Å²) >= 11 is 0. The van der Waals surface area contributed by atoms with Gasteiger partial charge in [-0.3, -0.25) is 14.8 Å². The molecular formula is C28H35F2N7O4. The number of methoxy groups -OCH3 is 1. The number of aliphatic hydroxyl groups is 1. The Kier molecular flexibility index (Phi) is 9.73. The average Bonchev–Trinajstić information content (AvgIpc) is 3.37. The molecule has 41 heavy (non-hydrogen) atoms. The maximum atomic E-state index is 14.9. The number of H-pyrrole nitrogens is 1. The first-order valence-corrected chi connectivity index (χ1v) is 13.3. The first-order valence-electron chi connectivity index (χ1n) is 13.3. The molecule has 0 aliphatic carbocycles. The summed E-state index contributed by atoms with van der Waals surface area (Å²) in [6.07, 6.45) is 0.680. The fourth-order valence-corrected chi connectivity index (χ4v) is 4.57. The van der Waals surface area contributed by atoms with Gasteiger partial charge in [-0.15, -0.1) is 0 Å². The number of aromatic amines is 1. The Bertz CT molecular complexity index is 1400. The largest absolute Gasteiger partial charge is 0.493 e.